The van der Waals surface area contributed by atoms with Crippen LogP contribution in [0, 0.1) is 0 Å². The third-order valence-corrected chi connectivity index (χ3v) is 3.75. The van der Waals surface area contributed by atoms with Crippen molar-refractivity contribution in [2.75, 3.05) is 17.7 Å². The van der Waals surface area contributed by atoms with Gasteiger partial charge in [-0.15, -0.1) is 22.0 Å². The zero-order chi connectivity index (χ0) is 15.4. The number of ether oxygens (including phenoxy) is 1. The summed E-state index contributed by atoms with van der Waals surface area (Å²) in [6.45, 7) is 4.72. The molecule has 0 saturated heterocycles. The van der Waals surface area contributed by atoms with Crippen LogP contribution in [-0.2, 0) is 0 Å². The summed E-state index contributed by atoms with van der Waals surface area (Å²) in [4.78, 5) is 0. The van der Waals surface area contributed by atoms with E-state index in [4.69, 9.17) is 4.74 Å². The highest BCUT2D eigenvalue weighted by Crippen LogP contribution is 2.20. The van der Waals surface area contributed by atoms with E-state index in [2.05, 4.69) is 27.5 Å². The molecule has 22 heavy (non-hydrogen) atoms. The fourth-order valence-electron chi connectivity index (χ4n) is 2.01. The molecule has 2 heterocycles. The first-order chi connectivity index (χ1) is 10.8. The predicted molar refractivity (Wildman–Crippen MR) is 88.1 cm³/mol. The van der Waals surface area contributed by atoms with E-state index in [0.717, 1.165) is 22.2 Å². The van der Waals surface area contributed by atoms with Crippen molar-refractivity contribution in [1.82, 2.24) is 19.8 Å². The first-order valence-corrected chi connectivity index (χ1v) is 8.14. The third kappa shape index (κ3) is 3.14. The minimum atomic E-state index is 0.595. The zero-order valence-corrected chi connectivity index (χ0v) is 13.3. The SMILES string of the molecule is CCOc1ccc(Nc2nnc3ccc(SCC)nn23)cc1. The number of hydrogen-bond acceptors (Lipinski definition) is 6. The fourth-order valence-corrected chi connectivity index (χ4v) is 2.60. The van der Waals surface area contributed by atoms with Gasteiger partial charge in [0.05, 0.1) is 6.61 Å². The minimum absolute atomic E-state index is 0.595. The van der Waals surface area contributed by atoms with Gasteiger partial charge in [-0.2, -0.15) is 9.61 Å². The number of fused-ring (bicyclic) bond motifs is 1. The number of benzene rings is 1. The van der Waals surface area contributed by atoms with Gasteiger partial charge in [-0.25, -0.2) is 0 Å². The Bertz CT molecular complexity index is 756. The summed E-state index contributed by atoms with van der Waals surface area (Å²) < 4.78 is 7.15. The van der Waals surface area contributed by atoms with Crippen LogP contribution in [0.25, 0.3) is 5.65 Å². The lowest BCUT2D eigenvalue weighted by Crippen LogP contribution is -2.01. The third-order valence-electron chi connectivity index (χ3n) is 2.95. The first-order valence-electron chi connectivity index (χ1n) is 7.15. The second kappa shape index (κ2) is 6.65. The Balaban J connectivity index is 1.84. The van der Waals surface area contributed by atoms with E-state index >= 15 is 0 Å². The summed E-state index contributed by atoms with van der Waals surface area (Å²) in [6, 6.07) is 11.6. The molecule has 0 fully saturated rings. The van der Waals surface area contributed by atoms with Gasteiger partial charge in [0.15, 0.2) is 5.65 Å². The largest absolute Gasteiger partial charge is 0.494 e. The van der Waals surface area contributed by atoms with Gasteiger partial charge >= 0.3 is 0 Å². The molecule has 0 bridgehead atoms. The van der Waals surface area contributed by atoms with Crippen LogP contribution in [0.3, 0.4) is 0 Å². The Kier molecular flexibility index (Phi) is 4.43. The maximum absolute atomic E-state index is 5.43. The molecule has 0 saturated carbocycles. The number of anilines is 2. The second-order valence-electron chi connectivity index (χ2n) is 4.48. The quantitative estimate of drug-likeness (QED) is 0.704. The zero-order valence-electron chi connectivity index (χ0n) is 12.5. The molecule has 0 aliphatic rings. The van der Waals surface area contributed by atoms with E-state index in [0.29, 0.717) is 18.2 Å². The Labute approximate surface area is 132 Å². The number of nitrogens with zero attached hydrogens (tertiary/aromatic N) is 4. The average Bonchev–Trinajstić information content (AvgIpc) is 2.92. The second-order valence-corrected chi connectivity index (χ2v) is 5.76. The van der Waals surface area contributed by atoms with Crippen LogP contribution in [0.4, 0.5) is 11.6 Å². The van der Waals surface area contributed by atoms with Gasteiger partial charge in [-0.05, 0) is 49.1 Å². The highest BCUT2D eigenvalue weighted by atomic mass is 32.2. The molecule has 6 nitrogen and oxygen atoms in total. The van der Waals surface area contributed by atoms with Crippen molar-refractivity contribution in [2.24, 2.45) is 0 Å². The van der Waals surface area contributed by atoms with Gasteiger partial charge in [-0.1, -0.05) is 6.92 Å². The molecule has 114 valence electrons. The van der Waals surface area contributed by atoms with Crippen molar-refractivity contribution < 1.29 is 4.74 Å². The van der Waals surface area contributed by atoms with Gasteiger partial charge in [-0.3, -0.25) is 0 Å². The molecular formula is C15H17N5OS. The summed E-state index contributed by atoms with van der Waals surface area (Å²) in [5.74, 6) is 2.42. The van der Waals surface area contributed by atoms with Crippen molar-refractivity contribution in [2.45, 2.75) is 18.9 Å². The number of rotatable bonds is 6. The van der Waals surface area contributed by atoms with Gasteiger partial charge in [0, 0.05) is 5.69 Å². The molecule has 0 aliphatic heterocycles. The molecule has 1 N–H and O–H groups in total. The van der Waals surface area contributed by atoms with Gasteiger partial charge in [0.25, 0.3) is 0 Å². The topological polar surface area (TPSA) is 64.3 Å². The number of aromatic nitrogens is 4. The Morgan fingerprint density at radius 3 is 2.64 bits per heavy atom. The standard InChI is InChI=1S/C15H17N5OS/c1-3-21-12-7-5-11(6-8-12)16-15-18-17-13-9-10-14(22-4-2)19-20(13)15/h5-10H,3-4H2,1-2H3,(H,16,18). The molecule has 0 aliphatic carbocycles. The minimum Gasteiger partial charge on any atom is -0.494 e. The molecule has 0 radical (unpaired) electrons. The van der Waals surface area contributed by atoms with E-state index < -0.39 is 0 Å². The number of thioether (sulfide) groups is 1. The van der Waals surface area contributed by atoms with E-state index in [1.54, 1.807) is 16.3 Å². The molecule has 3 aromatic rings. The van der Waals surface area contributed by atoms with Crippen LogP contribution in [0.2, 0.25) is 0 Å². The highest BCUT2D eigenvalue weighted by molar-refractivity contribution is 7.99. The van der Waals surface area contributed by atoms with E-state index in [1.165, 1.54) is 0 Å². The van der Waals surface area contributed by atoms with Crippen LogP contribution >= 0.6 is 11.8 Å². The van der Waals surface area contributed by atoms with Crippen LogP contribution in [-0.4, -0.2) is 32.2 Å². The summed E-state index contributed by atoms with van der Waals surface area (Å²) in [7, 11) is 0. The first kappa shape index (κ1) is 14.6. The van der Waals surface area contributed by atoms with Crippen LogP contribution in [0.5, 0.6) is 5.75 Å². The number of nitrogens with one attached hydrogen (secondary N) is 1. The molecule has 0 spiro atoms. The highest BCUT2D eigenvalue weighted by Gasteiger charge is 2.08. The van der Waals surface area contributed by atoms with E-state index in [1.807, 2.05) is 43.3 Å². The Morgan fingerprint density at radius 2 is 1.91 bits per heavy atom. The van der Waals surface area contributed by atoms with Gasteiger partial charge < -0.3 is 10.1 Å². The summed E-state index contributed by atoms with van der Waals surface area (Å²) >= 11 is 1.68. The van der Waals surface area contributed by atoms with Gasteiger partial charge in [0.1, 0.15) is 10.8 Å². The molecular weight excluding hydrogens is 298 g/mol. The van der Waals surface area contributed by atoms with Crippen LogP contribution in [0.15, 0.2) is 41.4 Å². The van der Waals surface area contributed by atoms with Crippen molar-refractivity contribution in [1.29, 1.82) is 0 Å². The molecule has 0 unspecified atom stereocenters. The van der Waals surface area contributed by atoms with E-state index in [-0.39, 0.29) is 0 Å². The summed E-state index contributed by atoms with van der Waals surface area (Å²) in [5, 5.41) is 17.0. The Morgan fingerprint density at radius 1 is 1.09 bits per heavy atom. The van der Waals surface area contributed by atoms with Crippen molar-refractivity contribution in [3.05, 3.63) is 36.4 Å². The van der Waals surface area contributed by atoms with Gasteiger partial charge in [0.2, 0.25) is 5.95 Å². The lowest BCUT2D eigenvalue weighted by Gasteiger charge is -2.06. The molecule has 3 rings (SSSR count). The maximum atomic E-state index is 5.43. The summed E-state index contributed by atoms with van der Waals surface area (Å²) in [5.41, 5.74) is 1.63. The molecule has 2 aromatic heterocycles. The predicted octanol–water partition coefficient (Wildman–Crippen LogP) is 3.38. The van der Waals surface area contributed by atoms with Crippen molar-refractivity contribution in [3.63, 3.8) is 0 Å². The molecule has 0 amide bonds. The van der Waals surface area contributed by atoms with Crippen LogP contribution in [0.1, 0.15) is 13.8 Å². The molecule has 1 aromatic carbocycles. The van der Waals surface area contributed by atoms with Crippen LogP contribution < -0.4 is 10.1 Å². The lowest BCUT2D eigenvalue weighted by molar-refractivity contribution is 0.340. The molecule has 0 atom stereocenters. The average molecular weight is 315 g/mol. The molecule has 7 heteroatoms. The number of hydrogen-bond donors (Lipinski definition) is 1. The maximum Gasteiger partial charge on any atom is 0.250 e. The van der Waals surface area contributed by atoms with Crippen molar-refractivity contribution >= 4 is 29.0 Å². The monoisotopic (exact) mass is 315 g/mol. The lowest BCUT2D eigenvalue weighted by atomic mass is 10.3. The van der Waals surface area contributed by atoms with Crippen molar-refractivity contribution in [3.8, 4) is 5.75 Å². The fraction of sp³-hybridized carbons (Fsp3) is 0.267. The smallest absolute Gasteiger partial charge is 0.250 e. The van der Waals surface area contributed by atoms with E-state index in [9.17, 15) is 0 Å². The Hall–Kier alpha value is -2.28. The summed E-state index contributed by atoms with van der Waals surface area (Å²) in [6.07, 6.45) is 0. The normalized spacial score (nSPS) is 10.8.